The maximum atomic E-state index is 5.74. The molecule has 0 aromatic carbocycles. The number of rotatable bonds is 2. The van der Waals surface area contributed by atoms with Gasteiger partial charge in [-0.1, -0.05) is 0 Å². The van der Waals surface area contributed by atoms with E-state index in [1.54, 1.807) is 11.3 Å². The molecule has 0 bridgehead atoms. The second kappa shape index (κ2) is 4.64. The van der Waals surface area contributed by atoms with Crippen LogP contribution in [0.3, 0.4) is 0 Å². The fourth-order valence-electron chi connectivity index (χ4n) is 2.50. The minimum atomic E-state index is 0.427. The smallest absolute Gasteiger partial charge is 0.186 e. The number of hydrogen-bond donors (Lipinski definition) is 1. The molecule has 1 aliphatic rings. The summed E-state index contributed by atoms with van der Waals surface area (Å²) in [6.45, 7) is 5.97. The molecule has 96 valence electrons. The third-order valence-electron chi connectivity index (χ3n) is 3.59. The number of anilines is 1. The number of aromatic nitrogens is 1. The van der Waals surface area contributed by atoms with Crippen LogP contribution in [0.1, 0.15) is 34.0 Å². The van der Waals surface area contributed by atoms with Crippen molar-refractivity contribution in [3.63, 3.8) is 0 Å². The molecular weight excluding hydrogens is 262 g/mol. The number of hydrogen-bond acceptors (Lipinski definition) is 5. The summed E-state index contributed by atoms with van der Waals surface area (Å²) in [5.41, 5.74) is 8.29. The third-order valence-corrected chi connectivity index (χ3v) is 5.80. The Labute approximate surface area is 115 Å². The van der Waals surface area contributed by atoms with Gasteiger partial charge in [0.15, 0.2) is 5.13 Å². The van der Waals surface area contributed by atoms with E-state index in [2.05, 4.69) is 28.3 Å². The highest BCUT2D eigenvalue weighted by Crippen LogP contribution is 2.38. The van der Waals surface area contributed by atoms with Gasteiger partial charge in [0.1, 0.15) is 0 Å². The van der Waals surface area contributed by atoms with Crippen LogP contribution < -0.4 is 10.6 Å². The number of thiazole rings is 1. The maximum absolute atomic E-state index is 5.74. The number of thiophene rings is 1. The van der Waals surface area contributed by atoms with Crippen molar-refractivity contribution in [1.82, 2.24) is 4.98 Å². The van der Waals surface area contributed by atoms with Gasteiger partial charge in [0.2, 0.25) is 0 Å². The Morgan fingerprint density at radius 1 is 1.56 bits per heavy atom. The summed E-state index contributed by atoms with van der Waals surface area (Å²) in [5, 5.41) is 3.32. The molecule has 2 N–H and O–H groups in total. The Balaban J connectivity index is 1.94. The lowest BCUT2D eigenvalue weighted by atomic mass is 10.0. The Bertz CT molecular complexity index is 558. The zero-order valence-corrected chi connectivity index (χ0v) is 12.3. The average molecular weight is 279 g/mol. The first kappa shape index (κ1) is 12.1. The lowest BCUT2D eigenvalue weighted by Crippen LogP contribution is -2.32. The molecule has 0 spiro atoms. The van der Waals surface area contributed by atoms with Crippen molar-refractivity contribution in [1.29, 1.82) is 0 Å². The molecule has 0 amide bonds. The van der Waals surface area contributed by atoms with Gasteiger partial charge < -0.3 is 10.6 Å². The van der Waals surface area contributed by atoms with Crippen molar-refractivity contribution in [3.8, 4) is 0 Å². The molecular formula is C13H17N3S2. The van der Waals surface area contributed by atoms with Crippen molar-refractivity contribution in [2.24, 2.45) is 5.73 Å². The first-order chi connectivity index (χ1) is 8.70. The highest BCUT2D eigenvalue weighted by atomic mass is 32.1. The van der Waals surface area contributed by atoms with Crippen LogP contribution in [0.5, 0.6) is 0 Å². The van der Waals surface area contributed by atoms with Crippen LogP contribution in [0.25, 0.3) is 0 Å². The van der Waals surface area contributed by atoms with E-state index in [0.29, 0.717) is 12.6 Å². The summed E-state index contributed by atoms with van der Waals surface area (Å²) < 4.78 is 0. The van der Waals surface area contributed by atoms with E-state index in [0.717, 1.165) is 23.8 Å². The highest BCUT2D eigenvalue weighted by Gasteiger charge is 2.27. The topological polar surface area (TPSA) is 42.2 Å². The molecule has 0 fully saturated rings. The number of nitrogens with two attached hydrogens (primary N) is 1. The van der Waals surface area contributed by atoms with Crippen LogP contribution in [-0.2, 0) is 13.0 Å². The average Bonchev–Trinajstić information content (AvgIpc) is 2.96. The molecule has 3 rings (SSSR count). The van der Waals surface area contributed by atoms with Crippen molar-refractivity contribution in [2.45, 2.75) is 32.9 Å². The summed E-state index contributed by atoms with van der Waals surface area (Å²) >= 11 is 3.62. The quantitative estimate of drug-likeness (QED) is 0.918. The number of aryl methyl sites for hydroxylation is 1. The van der Waals surface area contributed by atoms with Gasteiger partial charge in [0.05, 0.1) is 11.7 Å². The Morgan fingerprint density at radius 3 is 3.11 bits per heavy atom. The zero-order valence-electron chi connectivity index (χ0n) is 10.6. The molecule has 0 radical (unpaired) electrons. The van der Waals surface area contributed by atoms with Crippen molar-refractivity contribution in [2.75, 3.05) is 11.4 Å². The molecule has 3 nitrogen and oxygen atoms in total. The van der Waals surface area contributed by atoms with E-state index in [-0.39, 0.29) is 0 Å². The molecule has 1 aliphatic heterocycles. The molecule has 1 atom stereocenters. The second-order valence-corrected chi connectivity index (χ2v) is 6.69. The molecule has 0 saturated carbocycles. The molecule has 0 saturated heterocycles. The van der Waals surface area contributed by atoms with E-state index in [1.807, 2.05) is 18.3 Å². The van der Waals surface area contributed by atoms with Crippen molar-refractivity contribution < 1.29 is 0 Å². The SMILES string of the molecule is Cc1nc(N2CCc3sccc3C2C)sc1CN. The molecule has 0 aliphatic carbocycles. The standard InChI is InChI=1S/C13H17N3S2/c1-8-12(7-14)18-13(15-8)16-5-3-11-10(9(16)2)4-6-17-11/h4,6,9H,3,5,7,14H2,1-2H3. The number of nitrogens with zero attached hydrogens (tertiary/aromatic N) is 2. The molecule has 18 heavy (non-hydrogen) atoms. The minimum Gasteiger partial charge on any atom is -0.341 e. The fourth-order valence-corrected chi connectivity index (χ4v) is 4.50. The van der Waals surface area contributed by atoms with Crippen molar-refractivity contribution in [3.05, 3.63) is 32.5 Å². The molecule has 5 heteroatoms. The van der Waals surface area contributed by atoms with Gasteiger partial charge in [-0.05, 0) is 37.3 Å². The maximum Gasteiger partial charge on any atom is 0.186 e. The summed E-state index contributed by atoms with van der Waals surface area (Å²) in [5.74, 6) is 0. The van der Waals surface area contributed by atoms with Gasteiger partial charge in [0, 0.05) is 22.8 Å². The van der Waals surface area contributed by atoms with Gasteiger partial charge in [-0.2, -0.15) is 0 Å². The number of fused-ring (bicyclic) bond motifs is 1. The lowest BCUT2D eigenvalue weighted by molar-refractivity contribution is 0.630. The van der Waals surface area contributed by atoms with Crippen LogP contribution in [0, 0.1) is 6.92 Å². The van der Waals surface area contributed by atoms with Gasteiger partial charge in [-0.25, -0.2) is 4.98 Å². The molecule has 2 aromatic heterocycles. The first-order valence-corrected chi connectivity index (χ1v) is 7.89. The lowest BCUT2D eigenvalue weighted by Gasteiger charge is -2.33. The van der Waals surface area contributed by atoms with Gasteiger partial charge in [-0.3, -0.25) is 0 Å². The first-order valence-electron chi connectivity index (χ1n) is 6.20. The Hall–Kier alpha value is -0.910. The van der Waals surface area contributed by atoms with Crippen molar-refractivity contribution >= 4 is 27.8 Å². The van der Waals surface area contributed by atoms with E-state index in [4.69, 9.17) is 5.73 Å². The van der Waals surface area contributed by atoms with Crippen LogP contribution in [0.15, 0.2) is 11.4 Å². The third kappa shape index (κ3) is 1.86. The normalized spacial score (nSPS) is 19.1. The van der Waals surface area contributed by atoms with Gasteiger partial charge in [0.25, 0.3) is 0 Å². The molecule has 1 unspecified atom stereocenters. The van der Waals surface area contributed by atoms with E-state index in [9.17, 15) is 0 Å². The Morgan fingerprint density at radius 2 is 2.39 bits per heavy atom. The fraction of sp³-hybridized carbons (Fsp3) is 0.462. The van der Waals surface area contributed by atoms with Crippen LogP contribution >= 0.6 is 22.7 Å². The summed E-state index contributed by atoms with van der Waals surface area (Å²) in [7, 11) is 0. The van der Waals surface area contributed by atoms with Crippen LogP contribution in [-0.4, -0.2) is 11.5 Å². The predicted octanol–water partition coefficient (Wildman–Crippen LogP) is 3.10. The van der Waals surface area contributed by atoms with Gasteiger partial charge in [-0.15, -0.1) is 22.7 Å². The molecule has 2 aromatic rings. The largest absolute Gasteiger partial charge is 0.341 e. The predicted molar refractivity (Wildman–Crippen MR) is 78.5 cm³/mol. The van der Waals surface area contributed by atoms with Crippen LogP contribution in [0.4, 0.5) is 5.13 Å². The van der Waals surface area contributed by atoms with Crippen LogP contribution in [0.2, 0.25) is 0 Å². The monoisotopic (exact) mass is 279 g/mol. The molecule has 3 heterocycles. The van der Waals surface area contributed by atoms with E-state index >= 15 is 0 Å². The van der Waals surface area contributed by atoms with E-state index < -0.39 is 0 Å². The Kier molecular flexibility index (Phi) is 3.13. The zero-order chi connectivity index (χ0) is 12.7. The summed E-state index contributed by atoms with van der Waals surface area (Å²) in [6, 6.07) is 2.68. The second-order valence-electron chi connectivity index (χ2n) is 4.63. The summed E-state index contributed by atoms with van der Waals surface area (Å²) in [6.07, 6.45) is 1.13. The van der Waals surface area contributed by atoms with E-state index in [1.165, 1.54) is 15.3 Å². The summed E-state index contributed by atoms with van der Waals surface area (Å²) in [4.78, 5) is 9.82. The minimum absolute atomic E-state index is 0.427. The highest BCUT2D eigenvalue weighted by molar-refractivity contribution is 7.15. The van der Waals surface area contributed by atoms with Gasteiger partial charge >= 0.3 is 0 Å².